The molecule has 0 spiro atoms. The first-order valence-electron chi connectivity index (χ1n) is 8.84. The van der Waals surface area contributed by atoms with Crippen molar-refractivity contribution in [2.45, 2.75) is 25.7 Å². The Morgan fingerprint density at radius 3 is 2.67 bits per heavy atom. The van der Waals surface area contributed by atoms with Gasteiger partial charge >= 0.3 is 0 Å². The standard InChI is InChI=1S/C21H20N2O4/c1-12-2-7-15-16-11-18(25)23(9-8-13-3-5-14(24)6-4-13)21(26)19(16)20(22)27-17(15)10-12/h2-7,10,16,24H,8-9,11,22H2,1H3. The zero-order valence-electron chi connectivity index (χ0n) is 14.9. The number of benzene rings is 2. The van der Waals surface area contributed by atoms with Gasteiger partial charge in [-0.05, 0) is 42.7 Å². The molecule has 1 atom stereocenters. The van der Waals surface area contributed by atoms with E-state index in [9.17, 15) is 14.7 Å². The fourth-order valence-corrected chi connectivity index (χ4v) is 3.66. The van der Waals surface area contributed by atoms with E-state index in [4.69, 9.17) is 10.5 Å². The van der Waals surface area contributed by atoms with Crippen LogP contribution >= 0.6 is 0 Å². The Bertz CT molecular complexity index is 963. The minimum atomic E-state index is -0.390. The molecule has 3 N–H and O–H groups in total. The first-order chi connectivity index (χ1) is 12.9. The summed E-state index contributed by atoms with van der Waals surface area (Å²) < 4.78 is 5.68. The maximum Gasteiger partial charge on any atom is 0.262 e. The molecule has 2 aliphatic heterocycles. The average molecular weight is 364 g/mol. The number of ether oxygens (including phenoxy) is 1. The molecule has 138 valence electrons. The molecule has 2 aliphatic rings. The molecule has 0 aromatic heterocycles. The molecule has 6 nitrogen and oxygen atoms in total. The molecule has 2 aromatic carbocycles. The monoisotopic (exact) mass is 364 g/mol. The highest BCUT2D eigenvalue weighted by atomic mass is 16.5. The van der Waals surface area contributed by atoms with Crippen LogP contribution in [0.1, 0.15) is 29.0 Å². The van der Waals surface area contributed by atoms with E-state index >= 15 is 0 Å². The van der Waals surface area contributed by atoms with Gasteiger partial charge < -0.3 is 15.6 Å². The fraction of sp³-hybridized carbons (Fsp3) is 0.238. The van der Waals surface area contributed by atoms with Crippen LogP contribution in [0.25, 0.3) is 0 Å². The predicted octanol–water partition coefficient (Wildman–Crippen LogP) is 2.35. The summed E-state index contributed by atoms with van der Waals surface area (Å²) >= 11 is 0. The van der Waals surface area contributed by atoms with E-state index in [1.54, 1.807) is 24.3 Å². The van der Waals surface area contributed by atoms with Gasteiger partial charge in [-0.15, -0.1) is 0 Å². The smallest absolute Gasteiger partial charge is 0.262 e. The summed E-state index contributed by atoms with van der Waals surface area (Å²) in [6, 6.07) is 12.4. The van der Waals surface area contributed by atoms with Crippen molar-refractivity contribution in [2.24, 2.45) is 5.73 Å². The number of phenolic OH excluding ortho intramolecular Hbond substituents is 1. The number of imide groups is 1. The van der Waals surface area contributed by atoms with Crippen LogP contribution in [0.5, 0.6) is 11.5 Å². The van der Waals surface area contributed by atoms with Crippen molar-refractivity contribution in [3.63, 3.8) is 0 Å². The number of amides is 2. The van der Waals surface area contributed by atoms with Gasteiger partial charge in [0.05, 0.1) is 5.57 Å². The summed E-state index contributed by atoms with van der Waals surface area (Å²) in [6.45, 7) is 2.20. The second kappa shape index (κ2) is 6.46. The Kier molecular flexibility index (Phi) is 4.11. The Morgan fingerprint density at radius 1 is 1.19 bits per heavy atom. The number of aromatic hydroxyl groups is 1. The number of rotatable bonds is 3. The second-order valence-electron chi connectivity index (χ2n) is 6.94. The minimum absolute atomic E-state index is 0.0743. The first kappa shape index (κ1) is 17.1. The van der Waals surface area contributed by atoms with Crippen LogP contribution in [-0.2, 0) is 16.0 Å². The van der Waals surface area contributed by atoms with Crippen LogP contribution in [0, 0.1) is 6.92 Å². The highest BCUT2D eigenvalue weighted by Gasteiger charge is 2.43. The average Bonchev–Trinajstić information content (AvgIpc) is 2.62. The molecule has 2 amide bonds. The van der Waals surface area contributed by atoms with Gasteiger partial charge in [-0.3, -0.25) is 14.5 Å². The number of nitrogens with two attached hydrogens (primary N) is 1. The minimum Gasteiger partial charge on any atom is -0.508 e. The molecule has 4 rings (SSSR count). The van der Waals surface area contributed by atoms with Crippen molar-refractivity contribution in [1.82, 2.24) is 4.90 Å². The topological polar surface area (TPSA) is 92.9 Å². The van der Waals surface area contributed by atoms with Crippen LogP contribution in [0.3, 0.4) is 0 Å². The maximum atomic E-state index is 13.0. The number of piperidine rings is 1. The molecular weight excluding hydrogens is 344 g/mol. The lowest BCUT2D eigenvalue weighted by Gasteiger charge is -2.36. The van der Waals surface area contributed by atoms with Gasteiger partial charge in [0.15, 0.2) is 5.88 Å². The quantitative estimate of drug-likeness (QED) is 0.816. The zero-order chi connectivity index (χ0) is 19.1. The van der Waals surface area contributed by atoms with Gasteiger partial charge in [0, 0.05) is 24.4 Å². The van der Waals surface area contributed by atoms with Crippen molar-refractivity contribution < 1.29 is 19.4 Å². The van der Waals surface area contributed by atoms with E-state index < -0.39 is 5.91 Å². The molecule has 0 bridgehead atoms. The lowest BCUT2D eigenvalue weighted by Crippen LogP contribution is -2.47. The van der Waals surface area contributed by atoms with Gasteiger partial charge in [0.2, 0.25) is 5.91 Å². The molecule has 2 heterocycles. The van der Waals surface area contributed by atoms with Gasteiger partial charge in [0.25, 0.3) is 5.91 Å². The summed E-state index contributed by atoms with van der Waals surface area (Å²) in [5.41, 5.74) is 9.18. The predicted molar refractivity (Wildman–Crippen MR) is 98.9 cm³/mol. The molecule has 6 heteroatoms. The van der Waals surface area contributed by atoms with Gasteiger partial charge in [-0.2, -0.15) is 0 Å². The Labute approximate surface area is 156 Å². The van der Waals surface area contributed by atoms with Crippen LogP contribution in [0.2, 0.25) is 0 Å². The summed E-state index contributed by atoms with van der Waals surface area (Å²) in [7, 11) is 0. The van der Waals surface area contributed by atoms with E-state index in [1.165, 1.54) is 4.90 Å². The number of hydrogen-bond acceptors (Lipinski definition) is 5. The number of likely N-dealkylation sites (tertiary alicyclic amines) is 1. The fourth-order valence-electron chi connectivity index (χ4n) is 3.66. The molecule has 0 radical (unpaired) electrons. The van der Waals surface area contributed by atoms with Crippen molar-refractivity contribution in [3.8, 4) is 11.5 Å². The Balaban J connectivity index is 1.59. The van der Waals surface area contributed by atoms with Gasteiger partial charge in [-0.1, -0.05) is 24.3 Å². The lowest BCUT2D eigenvalue weighted by molar-refractivity contribution is -0.145. The molecule has 1 saturated heterocycles. The van der Waals surface area contributed by atoms with Crippen LogP contribution in [0.4, 0.5) is 0 Å². The van der Waals surface area contributed by atoms with E-state index in [1.807, 2.05) is 25.1 Å². The van der Waals surface area contributed by atoms with E-state index in [-0.39, 0.29) is 36.4 Å². The summed E-state index contributed by atoms with van der Waals surface area (Å²) in [6.07, 6.45) is 0.697. The third-order valence-electron chi connectivity index (χ3n) is 5.09. The highest BCUT2D eigenvalue weighted by molar-refractivity contribution is 6.09. The molecule has 0 saturated carbocycles. The van der Waals surface area contributed by atoms with E-state index in [0.717, 1.165) is 16.7 Å². The van der Waals surface area contributed by atoms with E-state index in [2.05, 4.69) is 0 Å². The summed E-state index contributed by atoms with van der Waals surface area (Å²) in [4.78, 5) is 26.9. The number of aryl methyl sites for hydroxylation is 1. The molecular formula is C21H20N2O4. The number of hydrogen-bond donors (Lipinski definition) is 2. The molecule has 2 aromatic rings. The normalized spacial score (nSPS) is 18.9. The number of carbonyl (C=O) groups excluding carboxylic acids is 2. The third-order valence-corrected chi connectivity index (χ3v) is 5.09. The third kappa shape index (κ3) is 3.03. The zero-order valence-corrected chi connectivity index (χ0v) is 14.9. The molecule has 27 heavy (non-hydrogen) atoms. The van der Waals surface area contributed by atoms with Crippen molar-refractivity contribution in [2.75, 3.05) is 6.54 Å². The summed E-state index contributed by atoms with van der Waals surface area (Å²) in [5, 5.41) is 9.36. The maximum absolute atomic E-state index is 13.0. The number of fused-ring (bicyclic) bond motifs is 3. The Hall–Kier alpha value is -3.28. The van der Waals surface area contributed by atoms with Gasteiger partial charge in [0.1, 0.15) is 11.5 Å². The largest absolute Gasteiger partial charge is 0.508 e. The second-order valence-corrected chi connectivity index (χ2v) is 6.94. The SMILES string of the molecule is Cc1ccc2c(c1)OC(N)=C1C(=O)N(CCc3ccc(O)cc3)C(=O)CC12. The molecule has 0 aliphatic carbocycles. The Morgan fingerprint density at radius 2 is 1.93 bits per heavy atom. The number of phenols is 1. The number of carbonyl (C=O) groups is 2. The van der Waals surface area contributed by atoms with Crippen LogP contribution < -0.4 is 10.5 Å². The summed E-state index contributed by atoms with van der Waals surface area (Å²) in [5.74, 6) is -0.102. The highest BCUT2D eigenvalue weighted by Crippen LogP contribution is 2.43. The van der Waals surface area contributed by atoms with Crippen molar-refractivity contribution in [1.29, 1.82) is 0 Å². The van der Waals surface area contributed by atoms with E-state index in [0.29, 0.717) is 17.7 Å². The van der Waals surface area contributed by atoms with Gasteiger partial charge in [-0.25, -0.2) is 0 Å². The number of nitrogens with zero attached hydrogens (tertiary/aromatic N) is 1. The van der Waals surface area contributed by atoms with Crippen LogP contribution in [-0.4, -0.2) is 28.4 Å². The first-order valence-corrected chi connectivity index (χ1v) is 8.84. The van der Waals surface area contributed by atoms with Crippen LogP contribution in [0.15, 0.2) is 53.9 Å². The van der Waals surface area contributed by atoms with Crippen molar-refractivity contribution in [3.05, 3.63) is 70.6 Å². The molecule has 1 unspecified atom stereocenters. The lowest BCUT2D eigenvalue weighted by atomic mass is 9.82. The van der Waals surface area contributed by atoms with Crippen molar-refractivity contribution >= 4 is 11.8 Å². The molecule has 1 fully saturated rings.